The number of methoxy groups -OCH3 is 1. The quantitative estimate of drug-likeness (QED) is 0.738. The third kappa shape index (κ3) is 2.82. The summed E-state index contributed by atoms with van der Waals surface area (Å²) in [5.41, 5.74) is 2.41. The van der Waals surface area contributed by atoms with E-state index in [2.05, 4.69) is 27.3 Å². The lowest BCUT2D eigenvalue weighted by atomic mass is 9.91. The van der Waals surface area contributed by atoms with Crippen molar-refractivity contribution in [2.75, 3.05) is 13.7 Å². The van der Waals surface area contributed by atoms with Crippen LogP contribution in [0.3, 0.4) is 0 Å². The largest absolute Gasteiger partial charge is 0.493 e. The molecule has 3 heterocycles. The van der Waals surface area contributed by atoms with Crippen molar-refractivity contribution in [3.8, 4) is 17.3 Å². The van der Waals surface area contributed by atoms with E-state index in [0.29, 0.717) is 12.5 Å². The van der Waals surface area contributed by atoms with Gasteiger partial charge in [-0.2, -0.15) is 0 Å². The molecule has 24 heavy (non-hydrogen) atoms. The standard InChI is InChI=1S/C18H18N4O2/c1-23-16-4-2-3-15-8-14(10-24-18(15)16)7-13-5-6-17(19-9-13)22-11-20-21-12-22/h2-6,9,11-12,14H,7-8,10H2,1H3/t14-/m0/s1. The number of para-hydroxylation sites is 1. The van der Waals surface area contributed by atoms with Crippen LogP contribution in [0.25, 0.3) is 5.82 Å². The first-order valence-corrected chi connectivity index (χ1v) is 7.92. The number of nitrogens with zero attached hydrogens (tertiary/aromatic N) is 4. The highest BCUT2D eigenvalue weighted by molar-refractivity contribution is 5.47. The molecular weight excluding hydrogens is 304 g/mol. The smallest absolute Gasteiger partial charge is 0.164 e. The molecule has 122 valence electrons. The molecule has 1 atom stereocenters. The Hall–Kier alpha value is -2.89. The number of pyridine rings is 1. The number of fused-ring (bicyclic) bond motifs is 1. The molecule has 1 aromatic carbocycles. The molecule has 3 aromatic rings. The third-order valence-corrected chi connectivity index (χ3v) is 4.27. The molecule has 0 aliphatic carbocycles. The Morgan fingerprint density at radius 3 is 2.83 bits per heavy atom. The van der Waals surface area contributed by atoms with Crippen LogP contribution < -0.4 is 9.47 Å². The van der Waals surface area contributed by atoms with Crippen LogP contribution in [-0.2, 0) is 12.8 Å². The second-order valence-electron chi connectivity index (χ2n) is 5.93. The zero-order valence-corrected chi connectivity index (χ0v) is 13.4. The van der Waals surface area contributed by atoms with Gasteiger partial charge in [-0.15, -0.1) is 10.2 Å². The summed E-state index contributed by atoms with van der Waals surface area (Å²) in [5, 5.41) is 7.59. The predicted octanol–water partition coefficient (Wildman–Crippen LogP) is 2.46. The average molecular weight is 322 g/mol. The van der Waals surface area contributed by atoms with Gasteiger partial charge in [0.05, 0.1) is 13.7 Å². The molecule has 4 rings (SSSR count). The van der Waals surface area contributed by atoms with E-state index in [9.17, 15) is 0 Å². The van der Waals surface area contributed by atoms with Crippen LogP contribution >= 0.6 is 0 Å². The fourth-order valence-electron chi connectivity index (χ4n) is 3.09. The van der Waals surface area contributed by atoms with Gasteiger partial charge in [0, 0.05) is 12.1 Å². The maximum absolute atomic E-state index is 5.95. The zero-order valence-electron chi connectivity index (χ0n) is 13.4. The van der Waals surface area contributed by atoms with E-state index < -0.39 is 0 Å². The molecular formula is C18H18N4O2. The van der Waals surface area contributed by atoms with Crippen molar-refractivity contribution in [3.05, 3.63) is 60.3 Å². The summed E-state index contributed by atoms with van der Waals surface area (Å²) in [5.74, 6) is 2.95. The molecule has 0 unspecified atom stereocenters. The number of hydrogen-bond acceptors (Lipinski definition) is 5. The first-order chi connectivity index (χ1) is 11.8. The lowest BCUT2D eigenvalue weighted by Crippen LogP contribution is -2.23. The number of ether oxygens (including phenoxy) is 2. The van der Waals surface area contributed by atoms with Gasteiger partial charge in [-0.25, -0.2) is 4.98 Å². The summed E-state index contributed by atoms with van der Waals surface area (Å²) >= 11 is 0. The monoisotopic (exact) mass is 322 g/mol. The van der Waals surface area contributed by atoms with E-state index in [1.165, 1.54) is 11.1 Å². The van der Waals surface area contributed by atoms with Crippen molar-refractivity contribution < 1.29 is 9.47 Å². The summed E-state index contributed by atoms with van der Waals surface area (Å²) in [6.07, 6.45) is 7.12. The molecule has 6 heteroatoms. The minimum Gasteiger partial charge on any atom is -0.493 e. The van der Waals surface area contributed by atoms with Crippen LogP contribution in [0.5, 0.6) is 11.5 Å². The van der Waals surface area contributed by atoms with Crippen molar-refractivity contribution in [1.29, 1.82) is 0 Å². The summed E-state index contributed by atoms with van der Waals surface area (Å²) in [7, 11) is 1.67. The lowest BCUT2D eigenvalue weighted by Gasteiger charge is -2.26. The Kier molecular flexibility index (Phi) is 3.86. The van der Waals surface area contributed by atoms with Crippen LogP contribution in [0.15, 0.2) is 49.2 Å². The Bertz CT molecular complexity index is 816. The van der Waals surface area contributed by atoms with Gasteiger partial charge in [0.15, 0.2) is 11.5 Å². The summed E-state index contributed by atoms with van der Waals surface area (Å²) in [4.78, 5) is 4.48. The summed E-state index contributed by atoms with van der Waals surface area (Å²) in [6, 6.07) is 10.1. The summed E-state index contributed by atoms with van der Waals surface area (Å²) < 4.78 is 13.1. The maximum Gasteiger partial charge on any atom is 0.164 e. The van der Waals surface area contributed by atoms with E-state index >= 15 is 0 Å². The van der Waals surface area contributed by atoms with Gasteiger partial charge < -0.3 is 9.47 Å². The van der Waals surface area contributed by atoms with E-state index in [4.69, 9.17) is 9.47 Å². The molecule has 1 aliphatic heterocycles. The first kappa shape index (κ1) is 14.7. The maximum atomic E-state index is 5.95. The molecule has 0 spiro atoms. The van der Waals surface area contributed by atoms with Crippen molar-refractivity contribution in [1.82, 2.24) is 19.7 Å². The molecule has 1 aliphatic rings. The van der Waals surface area contributed by atoms with Crippen molar-refractivity contribution in [2.45, 2.75) is 12.8 Å². The number of aromatic nitrogens is 4. The number of benzene rings is 1. The fraction of sp³-hybridized carbons (Fsp3) is 0.278. The normalized spacial score (nSPS) is 16.3. The molecule has 0 saturated carbocycles. The van der Waals surface area contributed by atoms with Crippen LogP contribution in [0, 0.1) is 5.92 Å². The van der Waals surface area contributed by atoms with Crippen LogP contribution in [0.2, 0.25) is 0 Å². The second kappa shape index (κ2) is 6.31. The molecule has 0 bridgehead atoms. The lowest BCUT2D eigenvalue weighted by molar-refractivity contribution is 0.211. The number of rotatable bonds is 4. The fourth-order valence-corrected chi connectivity index (χ4v) is 3.09. The molecule has 0 saturated heterocycles. The van der Waals surface area contributed by atoms with E-state index in [-0.39, 0.29) is 0 Å². The minimum atomic E-state index is 0.437. The van der Waals surface area contributed by atoms with Gasteiger partial charge in [-0.05, 0) is 36.1 Å². The SMILES string of the molecule is COc1cccc2c1OC[C@@H](Cc1ccc(-n3cnnc3)nc1)C2. The van der Waals surface area contributed by atoms with Crippen molar-refractivity contribution in [2.24, 2.45) is 5.92 Å². The van der Waals surface area contributed by atoms with Crippen molar-refractivity contribution in [3.63, 3.8) is 0 Å². The molecule has 6 nitrogen and oxygen atoms in total. The topological polar surface area (TPSA) is 62.1 Å². The number of hydrogen-bond donors (Lipinski definition) is 0. The highest BCUT2D eigenvalue weighted by atomic mass is 16.5. The Morgan fingerprint density at radius 2 is 2.08 bits per heavy atom. The Morgan fingerprint density at radius 1 is 1.21 bits per heavy atom. The molecule has 0 amide bonds. The Labute approximate surface area is 140 Å². The molecule has 0 fully saturated rings. The van der Waals surface area contributed by atoms with Gasteiger partial charge in [-0.1, -0.05) is 18.2 Å². The Balaban J connectivity index is 1.46. The minimum absolute atomic E-state index is 0.437. The summed E-state index contributed by atoms with van der Waals surface area (Å²) in [6.45, 7) is 0.695. The van der Waals surface area contributed by atoms with Gasteiger partial charge in [0.25, 0.3) is 0 Å². The van der Waals surface area contributed by atoms with E-state index in [0.717, 1.165) is 30.2 Å². The van der Waals surface area contributed by atoms with Crippen LogP contribution in [0.4, 0.5) is 0 Å². The van der Waals surface area contributed by atoms with Gasteiger partial charge in [-0.3, -0.25) is 4.57 Å². The van der Waals surface area contributed by atoms with Crippen LogP contribution in [0.1, 0.15) is 11.1 Å². The van der Waals surface area contributed by atoms with E-state index in [1.54, 1.807) is 24.3 Å². The zero-order chi connectivity index (χ0) is 16.4. The van der Waals surface area contributed by atoms with Gasteiger partial charge in [0.2, 0.25) is 0 Å². The molecule has 0 radical (unpaired) electrons. The highest BCUT2D eigenvalue weighted by Crippen LogP contribution is 2.36. The average Bonchev–Trinajstić information content (AvgIpc) is 3.16. The highest BCUT2D eigenvalue weighted by Gasteiger charge is 2.22. The third-order valence-electron chi connectivity index (χ3n) is 4.27. The van der Waals surface area contributed by atoms with E-state index in [1.807, 2.05) is 24.4 Å². The van der Waals surface area contributed by atoms with Crippen LogP contribution in [-0.4, -0.2) is 33.5 Å². The molecule has 0 N–H and O–H groups in total. The second-order valence-corrected chi connectivity index (χ2v) is 5.93. The molecule has 2 aromatic heterocycles. The van der Waals surface area contributed by atoms with Gasteiger partial charge >= 0.3 is 0 Å². The predicted molar refractivity (Wildman–Crippen MR) is 88.5 cm³/mol. The van der Waals surface area contributed by atoms with Crippen molar-refractivity contribution >= 4 is 0 Å². The van der Waals surface area contributed by atoms with Gasteiger partial charge in [0.1, 0.15) is 18.5 Å². The first-order valence-electron chi connectivity index (χ1n) is 7.92.